The van der Waals surface area contributed by atoms with Gasteiger partial charge in [0.25, 0.3) is 0 Å². The van der Waals surface area contributed by atoms with Crippen LogP contribution in [0.2, 0.25) is 0 Å². The Bertz CT molecular complexity index is 339. The molecule has 1 saturated heterocycles. The molecule has 3 atom stereocenters. The van der Waals surface area contributed by atoms with Crippen LogP contribution in [0.4, 0.5) is 0 Å². The van der Waals surface area contributed by atoms with Crippen molar-refractivity contribution in [3.05, 3.63) is 0 Å². The van der Waals surface area contributed by atoms with Crippen LogP contribution in [0.15, 0.2) is 0 Å². The topological polar surface area (TPSA) is 18.5 Å². The molecule has 1 heterocycles. The van der Waals surface area contributed by atoms with Crippen molar-refractivity contribution < 1.29 is 9.47 Å². The summed E-state index contributed by atoms with van der Waals surface area (Å²) in [5.41, 5.74) is 0.804. The van der Waals surface area contributed by atoms with Gasteiger partial charge in [0.15, 0.2) is 5.79 Å². The second-order valence-electron chi connectivity index (χ2n) is 7.68. The van der Waals surface area contributed by atoms with Gasteiger partial charge in [-0.1, -0.05) is 27.7 Å². The lowest BCUT2D eigenvalue weighted by Crippen LogP contribution is -2.53. The van der Waals surface area contributed by atoms with Gasteiger partial charge >= 0.3 is 0 Å². The van der Waals surface area contributed by atoms with Gasteiger partial charge in [0, 0.05) is 5.41 Å². The van der Waals surface area contributed by atoms with Crippen molar-refractivity contribution in [3.8, 4) is 0 Å². The molecule has 0 bridgehead atoms. The summed E-state index contributed by atoms with van der Waals surface area (Å²) in [7, 11) is 0. The molecule has 3 aliphatic rings. The number of fused-ring (bicyclic) bond motifs is 2. The molecule has 1 spiro atoms. The van der Waals surface area contributed by atoms with E-state index in [1.807, 2.05) is 0 Å². The SMILES string of the molecule is CCC1(C)OCC2(CO1)C(C)CCC1C2C1(C)C. The molecule has 1 aliphatic heterocycles. The van der Waals surface area contributed by atoms with Gasteiger partial charge < -0.3 is 9.47 Å². The molecule has 0 N–H and O–H groups in total. The zero-order valence-electron chi connectivity index (χ0n) is 12.6. The molecular formula is C16H28O2. The molecule has 2 aliphatic carbocycles. The molecule has 0 aromatic rings. The van der Waals surface area contributed by atoms with Gasteiger partial charge in [-0.2, -0.15) is 0 Å². The second-order valence-corrected chi connectivity index (χ2v) is 7.68. The van der Waals surface area contributed by atoms with Crippen LogP contribution in [0.25, 0.3) is 0 Å². The van der Waals surface area contributed by atoms with E-state index in [0.717, 1.165) is 37.4 Å². The molecule has 0 aromatic carbocycles. The second kappa shape index (κ2) is 3.73. The molecule has 18 heavy (non-hydrogen) atoms. The Morgan fingerprint density at radius 3 is 2.22 bits per heavy atom. The fourth-order valence-electron chi connectivity index (χ4n) is 4.77. The highest BCUT2D eigenvalue weighted by molar-refractivity contribution is 5.17. The van der Waals surface area contributed by atoms with E-state index < -0.39 is 0 Å². The third-order valence-electron chi connectivity index (χ3n) is 6.50. The first-order chi connectivity index (χ1) is 8.36. The van der Waals surface area contributed by atoms with Crippen LogP contribution < -0.4 is 0 Å². The van der Waals surface area contributed by atoms with Crippen LogP contribution >= 0.6 is 0 Å². The average molecular weight is 252 g/mol. The molecule has 3 fully saturated rings. The summed E-state index contributed by atoms with van der Waals surface area (Å²) in [6, 6.07) is 0. The molecule has 2 saturated carbocycles. The third kappa shape index (κ3) is 1.54. The predicted octanol–water partition coefficient (Wildman–Crippen LogP) is 3.85. The summed E-state index contributed by atoms with van der Waals surface area (Å²) in [4.78, 5) is 0. The van der Waals surface area contributed by atoms with E-state index in [4.69, 9.17) is 9.47 Å². The Morgan fingerprint density at radius 2 is 1.67 bits per heavy atom. The largest absolute Gasteiger partial charge is 0.350 e. The summed E-state index contributed by atoms with van der Waals surface area (Å²) in [6.45, 7) is 13.3. The fourth-order valence-corrected chi connectivity index (χ4v) is 4.77. The number of ether oxygens (including phenoxy) is 2. The van der Waals surface area contributed by atoms with E-state index >= 15 is 0 Å². The van der Waals surface area contributed by atoms with Gasteiger partial charge in [-0.05, 0) is 49.4 Å². The summed E-state index contributed by atoms with van der Waals surface area (Å²) >= 11 is 0. The lowest BCUT2D eigenvalue weighted by Gasteiger charge is -2.50. The maximum atomic E-state index is 6.15. The van der Waals surface area contributed by atoms with Crippen LogP contribution in [0.1, 0.15) is 53.9 Å². The van der Waals surface area contributed by atoms with Gasteiger partial charge in [0.2, 0.25) is 0 Å². The van der Waals surface area contributed by atoms with E-state index in [2.05, 4.69) is 34.6 Å². The van der Waals surface area contributed by atoms with Gasteiger partial charge in [0.05, 0.1) is 13.2 Å². The Balaban J connectivity index is 1.82. The first-order valence-electron chi connectivity index (χ1n) is 7.64. The van der Waals surface area contributed by atoms with Crippen LogP contribution in [-0.4, -0.2) is 19.0 Å². The van der Waals surface area contributed by atoms with Crippen molar-refractivity contribution in [2.75, 3.05) is 13.2 Å². The normalized spacial score (nSPS) is 54.2. The van der Waals surface area contributed by atoms with Crippen molar-refractivity contribution in [3.63, 3.8) is 0 Å². The smallest absolute Gasteiger partial charge is 0.165 e. The van der Waals surface area contributed by atoms with E-state index in [1.54, 1.807) is 0 Å². The van der Waals surface area contributed by atoms with Gasteiger partial charge in [0.1, 0.15) is 0 Å². The van der Waals surface area contributed by atoms with Crippen molar-refractivity contribution in [1.29, 1.82) is 0 Å². The quantitative estimate of drug-likeness (QED) is 0.706. The van der Waals surface area contributed by atoms with Gasteiger partial charge in [-0.3, -0.25) is 0 Å². The summed E-state index contributed by atoms with van der Waals surface area (Å²) in [5.74, 6) is 2.13. The van der Waals surface area contributed by atoms with Gasteiger partial charge in [-0.25, -0.2) is 0 Å². The number of hydrogen-bond acceptors (Lipinski definition) is 2. The van der Waals surface area contributed by atoms with E-state index in [1.165, 1.54) is 12.8 Å². The molecule has 0 radical (unpaired) electrons. The first-order valence-corrected chi connectivity index (χ1v) is 7.64. The molecule has 3 unspecified atom stereocenters. The Morgan fingerprint density at radius 1 is 1.06 bits per heavy atom. The van der Waals surface area contributed by atoms with Crippen LogP contribution in [0, 0.1) is 28.6 Å². The molecule has 3 rings (SSSR count). The summed E-state index contributed by atoms with van der Waals surface area (Å²) in [5, 5.41) is 0. The maximum Gasteiger partial charge on any atom is 0.165 e. The minimum atomic E-state index is -0.336. The standard InChI is InChI=1S/C16H28O2/c1-6-15(5)17-9-16(10-18-15)11(2)7-8-12-13(16)14(12,3)4/h11-13H,6-10H2,1-5H3. The summed E-state index contributed by atoms with van der Waals surface area (Å²) < 4.78 is 12.3. The van der Waals surface area contributed by atoms with E-state index in [0.29, 0.717) is 10.8 Å². The molecule has 2 nitrogen and oxygen atoms in total. The highest BCUT2D eigenvalue weighted by Crippen LogP contribution is 2.73. The zero-order valence-corrected chi connectivity index (χ0v) is 12.6. The summed E-state index contributed by atoms with van der Waals surface area (Å²) in [6.07, 6.45) is 3.70. The first kappa shape index (κ1) is 12.9. The lowest BCUT2D eigenvalue weighted by atomic mass is 9.66. The molecular weight excluding hydrogens is 224 g/mol. The molecule has 0 aromatic heterocycles. The highest BCUT2D eigenvalue weighted by atomic mass is 16.7. The monoisotopic (exact) mass is 252 g/mol. The molecule has 0 amide bonds. The average Bonchev–Trinajstić information content (AvgIpc) is 2.91. The van der Waals surface area contributed by atoms with Crippen molar-refractivity contribution in [1.82, 2.24) is 0 Å². The zero-order chi connectivity index (χ0) is 13.2. The minimum absolute atomic E-state index is 0.293. The predicted molar refractivity (Wildman–Crippen MR) is 72.2 cm³/mol. The number of hydrogen-bond donors (Lipinski definition) is 0. The Labute approximate surface area is 111 Å². The van der Waals surface area contributed by atoms with E-state index in [9.17, 15) is 0 Å². The maximum absolute atomic E-state index is 6.15. The number of rotatable bonds is 1. The van der Waals surface area contributed by atoms with Crippen molar-refractivity contribution in [2.45, 2.75) is 59.7 Å². The van der Waals surface area contributed by atoms with Crippen molar-refractivity contribution >= 4 is 0 Å². The minimum Gasteiger partial charge on any atom is -0.350 e. The Kier molecular flexibility index (Phi) is 2.68. The highest BCUT2D eigenvalue weighted by Gasteiger charge is 2.70. The van der Waals surface area contributed by atoms with Crippen LogP contribution in [-0.2, 0) is 9.47 Å². The van der Waals surface area contributed by atoms with Crippen molar-refractivity contribution in [2.24, 2.45) is 28.6 Å². The van der Waals surface area contributed by atoms with Crippen LogP contribution in [0.5, 0.6) is 0 Å². The van der Waals surface area contributed by atoms with E-state index in [-0.39, 0.29) is 5.79 Å². The lowest BCUT2D eigenvalue weighted by molar-refractivity contribution is -0.311. The van der Waals surface area contributed by atoms with Gasteiger partial charge in [-0.15, -0.1) is 0 Å². The third-order valence-corrected chi connectivity index (χ3v) is 6.50. The molecule has 104 valence electrons. The molecule has 2 heteroatoms. The Hall–Kier alpha value is -0.0800. The fraction of sp³-hybridized carbons (Fsp3) is 1.00. The van der Waals surface area contributed by atoms with Crippen LogP contribution in [0.3, 0.4) is 0 Å².